The lowest BCUT2D eigenvalue weighted by Crippen LogP contribution is -2.32. The fourth-order valence-corrected chi connectivity index (χ4v) is 2.82. The molecule has 0 saturated heterocycles. The maximum absolute atomic E-state index is 12.9. The Morgan fingerprint density at radius 1 is 1.00 bits per heavy atom. The van der Waals surface area contributed by atoms with Crippen molar-refractivity contribution in [1.82, 2.24) is 4.90 Å². The van der Waals surface area contributed by atoms with Crippen LogP contribution in [0.25, 0.3) is 5.57 Å². The highest BCUT2D eigenvalue weighted by molar-refractivity contribution is 6.36. The van der Waals surface area contributed by atoms with Gasteiger partial charge in [0.15, 0.2) is 0 Å². The topological polar surface area (TPSA) is 49.4 Å². The molecular weight excluding hydrogens is 312 g/mol. The summed E-state index contributed by atoms with van der Waals surface area (Å²) < 4.78 is 0. The molecule has 126 valence electrons. The van der Waals surface area contributed by atoms with Crippen molar-refractivity contribution in [3.63, 3.8) is 0 Å². The molecule has 2 aromatic rings. The third-order valence-corrected chi connectivity index (χ3v) is 4.32. The van der Waals surface area contributed by atoms with Gasteiger partial charge in [-0.2, -0.15) is 0 Å². The van der Waals surface area contributed by atoms with Crippen molar-refractivity contribution in [3.8, 4) is 0 Å². The van der Waals surface area contributed by atoms with Crippen LogP contribution in [0.4, 0.5) is 5.69 Å². The van der Waals surface area contributed by atoms with Crippen LogP contribution in [0.15, 0.2) is 66.9 Å². The van der Waals surface area contributed by atoms with E-state index in [1.807, 2.05) is 62.4 Å². The van der Waals surface area contributed by atoms with Crippen LogP contribution in [0.5, 0.6) is 0 Å². The minimum atomic E-state index is -0.331. The van der Waals surface area contributed by atoms with E-state index in [1.165, 1.54) is 4.90 Å². The molecule has 2 aromatic carbocycles. The van der Waals surface area contributed by atoms with Crippen molar-refractivity contribution in [3.05, 3.63) is 83.6 Å². The first-order chi connectivity index (χ1) is 12.0. The lowest BCUT2D eigenvalue weighted by atomic mass is 9.99. The molecule has 0 unspecified atom stereocenters. The van der Waals surface area contributed by atoms with E-state index in [9.17, 15) is 9.59 Å². The number of hydrogen-bond donors (Lipinski definition) is 1. The van der Waals surface area contributed by atoms with Gasteiger partial charge in [0.05, 0.1) is 5.57 Å². The van der Waals surface area contributed by atoms with Gasteiger partial charge in [0.25, 0.3) is 11.8 Å². The minimum Gasteiger partial charge on any atom is -0.350 e. The highest BCUT2D eigenvalue weighted by Gasteiger charge is 2.38. The Balaban J connectivity index is 2.11. The van der Waals surface area contributed by atoms with Crippen molar-refractivity contribution >= 4 is 23.1 Å². The number of para-hydroxylation sites is 1. The smallest absolute Gasteiger partial charge is 0.278 e. The Morgan fingerprint density at radius 3 is 2.36 bits per heavy atom. The van der Waals surface area contributed by atoms with Crippen molar-refractivity contribution in [2.24, 2.45) is 0 Å². The largest absolute Gasteiger partial charge is 0.350 e. The number of benzene rings is 2. The van der Waals surface area contributed by atoms with Crippen molar-refractivity contribution in [2.45, 2.75) is 13.8 Å². The van der Waals surface area contributed by atoms with Gasteiger partial charge in [0.2, 0.25) is 0 Å². The average molecular weight is 332 g/mol. The summed E-state index contributed by atoms with van der Waals surface area (Å²) in [6.45, 7) is 7.84. The van der Waals surface area contributed by atoms with Crippen molar-refractivity contribution in [1.29, 1.82) is 0 Å². The molecule has 3 rings (SSSR count). The number of carbonyl (C=O) groups is 2. The lowest BCUT2D eigenvalue weighted by Gasteiger charge is -2.12. The Bertz CT molecular complexity index is 882. The number of imide groups is 1. The summed E-state index contributed by atoms with van der Waals surface area (Å²) in [6, 6.07) is 15.2. The molecule has 0 aliphatic carbocycles. The molecule has 0 fully saturated rings. The van der Waals surface area contributed by atoms with Crippen LogP contribution in [0.1, 0.15) is 16.7 Å². The van der Waals surface area contributed by atoms with Gasteiger partial charge < -0.3 is 5.32 Å². The average Bonchev–Trinajstić information content (AvgIpc) is 2.83. The van der Waals surface area contributed by atoms with E-state index in [2.05, 4.69) is 11.9 Å². The summed E-state index contributed by atoms with van der Waals surface area (Å²) in [5.41, 5.74) is 4.43. The molecule has 2 amide bonds. The Kier molecular flexibility index (Phi) is 4.52. The fourth-order valence-electron chi connectivity index (χ4n) is 2.82. The van der Waals surface area contributed by atoms with Gasteiger partial charge >= 0.3 is 0 Å². The lowest BCUT2D eigenvalue weighted by molar-refractivity contribution is -0.136. The standard InChI is InChI=1S/C21H20N2O2/c1-4-12-23-20(24)18(16-11-10-14(2)15(3)13-16)19(21(23)25)22-17-8-6-5-7-9-17/h4-11,13,22H,1,12H2,2-3H3. The van der Waals surface area contributed by atoms with Crippen LogP contribution in [-0.2, 0) is 9.59 Å². The molecule has 1 heterocycles. The third-order valence-electron chi connectivity index (χ3n) is 4.32. The van der Waals surface area contributed by atoms with Crippen LogP contribution in [0, 0.1) is 13.8 Å². The number of nitrogens with zero attached hydrogens (tertiary/aromatic N) is 1. The first-order valence-electron chi connectivity index (χ1n) is 8.14. The first kappa shape index (κ1) is 16.7. The second kappa shape index (κ2) is 6.77. The number of rotatable bonds is 5. The van der Waals surface area contributed by atoms with E-state index in [-0.39, 0.29) is 18.4 Å². The van der Waals surface area contributed by atoms with Crippen LogP contribution in [0.2, 0.25) is 0 Å². The van der Waals surface area contributed by atoms with E-state index >= 15 is 0 Å². The SMILES string of the molecule is C=CCN1C(=O)C(Nc2ccccc2)=C(c2ccc(C)c(C)c2)C1=O. The molecule has 0 saturated carbocycles. The Hall–Kier alpha value is -3.14. The van der Waals surface area contributed by atoms with Crippen LogP contribution in [-0.4, -0.2) is 23.3 Å². The van der Waals surface area contributed by atoms with Gasteiger partial charge in [-0.15, -0.1) is 6.58 Å². The number of anilines is 1. The summed E-state index contributed by atoms with van der Waals surface area (Å²) in [5, 5.41) is 3.13. The molecule has 4 nitrogen and oxygen atoms in total. The van der Waals surface area contributed by atoms with Crippen molar-refractivity contribution < 1.29 is 9.59 Å². The number of amides is 2. The molecule has 0 radical (unpaired) electrons. The number of hydrogen-bond acceptors (Lipinski definition) is 3. The highest BCUT2D eigenvalue weighted by Crippen LogP contribution is 2.31. The van der Waals surface area contributed by atoms with E-state index in [1.54, 1.807) is 6.08 Å². The van der Waals surface area contributed by atoms with E-state index in [4.69, 9.17) is 0 Å². The second-order valence-electron chi connectivity index (χ2n) is 6.05. The van der Waals surface area contributed by atoms with Gasteiger partial charge in [0, 0.05) is 12.2 Å². The molecule has 1 aliphatic heterocycles. The fraction of sp³-hybridized carbons (Fsp3) is 0.143. The van der Waals surface area contributed by atoms with Crippen LogP contribution < -0.4 is 5.32 Å². The first-order valence-corrected chi connectivity index (χ1v) is 8.14. The molecule has 0 aromatic heterocycles. The maximum atomic E-state index is 12.9. The summed E-state index contributed by atoms with van der Waals surface area (Å²) in [6.07, 6.45) is 1.55. The van der Waals surface area contributed by atoms with Gasteiger partial charge in [-0.25, -0.2) is 0 Å². The molecule has 1 aliphatic rings. The van der Waals surface area contributed by atoms with E-state index in [0.29, 0.717) is 11.3 Å². The number of nitrogens with one attached hydrogen (secondary N) is 1. The zero-order chi connectivity index (χ0) is 18.0. The molecule has 0 atom stereocenters. The minimum absolute atomic E-state index is 0.186. The van der Waals surface area contributed by atoms with E-state index in [0.717, 1.165) is 22.4 Å². The molecule has 4 heteroatoms. The number of aryl methyl sites for hydroxylation is 2. The molecule has 25 heavy (non-hydrogen) atoms. The normalized spacial score (nSPS) is 14.2. The third kappa shape index (κ3) is 3.11. The highest BCUT2D eigenvalue weighted by atomic mass is 16.2. The predicted molar refractivity (Wildman–Crippen MR) is 99.8 cm³/mol. The van der Waals surface area contributed by atoms with E-state index < -0.39 is 0 Å². The Labute approximate surface area is 147 Å². The summed E-state index contributed by atoms with van der Waals surface area (Å²) in [4.78, 5) is 26.9. The van der Waals surface area contributed by atoms with Gasteiger partial charge in [-0.1, -0.05) is 42.5 Å². The molecular formula is C21H20N2O2. The Morgan fingerprint density at radius 2 is 1.72 bits per heavy atom. The van der Waals surface area contributed by atoms with Gasteiger partial charge in [-0.05, 0) is 42.7 Å². The summed E-state index contributed by atoms with van der Waals surface area (Å²) >= 11 is 0. The quantitative estimate of drug-likeness (QED) is 0.671. The maximum Gasteiger partial charge on any atom is 0.278 e. The van der Waals surface area contributed by atoms with Crippen LogP contribution >= 0.6 is 0 Å². The van der Waals surface area contributed by atoms with Gasteiger partial charge in [-0.3, -0.25) is 14.5 Å². The zero-order valence-electron chi connectivity index (χ0n) is 14.4. The molecule has 0 spiro atoms. The van der Waals surface area contributed by atoms with Crippen molar-refractivity contribution in [2.75, 3.05) is 11.9 Å². The zero-order valence-corrected chi connectivity index (χ0v) is 14.4. The monoisotopic (exact) mass is 332 g/mol. The number of carbonyl (C=O) groups excluding carboxylic acids is 2. The second-order valence-corrected chi connectivity index (χ2v) is 6.05. The van der Waals surface area contributed by atoms with Crippen LogP contribution in [0.3, 0.4) is 0 Å². The van der Waals surface area contributed by atoms with Gasteiger partial charge in [0.1, 0.15) is 5.70 Å². The molecule has 1 N–H and O–H groups in total. The molecule has 0 bridgehead atoms. The predicted octanol–water partition coefficient (Wildman–Crippen LogP) is 3.68. The summed E-state index contributed by atoms with van der Waals surface area (Å²) in [5.74, 6) is -0.631. The summed E-state index contributed by atoms with van der Waals surface area (Å²) in [7, 11) is 0.